The van der Waals surface area contributed by atoms with Gasteiger partial charge in [0.1, 0.15) is 11.9 Å². The first-order chi connectivity index (χ1) is 12.6. The van der Waals surface area contributed by atoms with E-state index >= 15 is 0 Å². The maximum absolute atomic E-state index is 13.1. The van der Waals surface area contributed by atoms with Crippen molar-refractivity contribution in [1.82, 2.24) is 15.1 Å². The molecule has 5 nitrogen and oxygen atoms in total. The van der Waals surface area contributed by atoms with Crippen molar-refractivity contribution in [1.29, 1.82) is 0 Å². The van der Waals surface area contributed by atoms with Crippen LogP contribution in [0.15, 0.2) is 29.3 Å². The Bertz CT molecular complexity index is 566. The molecular weight excluding hydrogens is 458 g/mol. The summed E-state index contributed by atoms with van der Waals surface area (Å²) in [6.07, 6.45) is 0.989. The number of likely N-dealkylation sites (tertiary alicyclic amines) is 1. The number of hydrogen-bond acceptors (Lipinski definition) is 3. The van der Waals surface area contributed by atoms with E-state index in [1.165, 1.54) is 12.1 Å². The monoisotopic (exact) mass is 492 g/mol. The first kappa shape index (κ1) is 24.1. The smallest absolute Gasteiger partial charge is 0.194 e. The third-order valence-corrected chi connectivity index (χ3v) is 5.06. The van der Waals surface area contributed by atoms with Gasteiger partial charge in [0.25, 0.3) is 0 Å². The lowest BCUT2D eigenvalue weighted by Gasteiger charge is -2.27. The zero-order valence-electron chi connectivity index (χ0n) is 16.9. The highest BCUT2D eigenvalue weighted by Crippen LogP contribution is 2.19. The van der Waals surface area contributed by atoms with E-state index in [1.807, 2.05) is 0 Å². The second kappa shape index (κ2) is 12.5. The van der Waals surface area contributed by atoms with Gasteiger partial charge in [-0.05, 0) is 44.1 Å². The fourth-order valence-corrected chi connectivity index (χ4v) is 3.56. The molecule has 1 N–H and O–H groups in total. The predicted octanol–water partition coefficient (Wildman–Crippen LogP) is 3.51. The third kappa shape index (κ3) is 6.87. The maximum Gasteiger partial charge on any atom is 0.194 e. The van der Waals surface area contributed by atoms with Crippen molar-refractivity contribution < 1.29 is 9.13 Å². The minimum atomic E-state index is -0.236. The Labute approximate surface area is 180 Å². The summed E-state index contributed by atoms with van der Waals surface area (Å²) in [6.45, 7) is 12.0. The Hall–Kier alpha value is -0.930. The van der Waals surface area contributed by atoms with Crippen LogP contribution in [0.4, 0.5) is 4.39 Å². The average molecular weight is 492 g/mol. The molecule has 1 saturated heterocycles. The zero-order valence-corrected chi connectivity index (χ0v) is 19.3. The fourth-order valence-electron chi connectivity index (χ4n) is 3.56. The highest BCUT2D eigenvalue weighted by molar-refractivity contribution is 14.0. The van der Waals surface area contributed by atoms with Gasteiger partial charge in [-0.1, -0.05) is 26.0 Å². The summed E-state index contributed by atoms with van der Waals surface area (Å²) in [5, 5.41) is 3.40. The van der Waals surface area contributed by atoms with Crippen LogP contribution in [0.5, 0.6) is 0 Å². The summed E-state index contributed by atoms with van der Waals surface area (Å²) < 4.78 is 18.7. The lowest BCUT2D eigenvalue weighted by atomic mass is 10.1. The predicted molar refractivity (Wildman–Crippen MR) is 120 cm³/mol. The van der Waals surface area contributed by atoms with E-state index in [2.05, 4.69) is 35.9 Å². The Balaban J connectivity index is 0.00000364. The Kier molecular flexibility index (Phi) is 11.2. The number of hydrogen-bond donors (Lipinski definition) is 1. The van der Waals surface area contributed by atoms with Gasteiger partial charge in [-0.3, -0.25) is 9.89 Å². The molecule has 1 aromatic carbocycles. The van der Waals surface area contributed by atoms with Crippen molar-refractivity contribution >= 4 is 29.9 Å². The molecule has 154 valence electrons. The lowest BCUT2D eigenvalue weighted by molar-refractivity contribution is 0.110. The van der Waals surface area contributed by atoms with E-state index < -0.39 is 0 Å². The molecule has 1 aromatic rings. The lowest BCUT2D eigenvalue weighted by Crippen LogP contribution is -2.43. The van der Waals surface area contributed by atoms with Crippen molar-refractivity contribution in [3.05, 3.63) is 35.6 Å². The highest BCUT2D eigenvalue weighted by Gasteiger charge is 2.28. The molecule has 2 rings (SSSR count). The molecule has 0 bridgehead atoms. The van der Waals surface area contributed by atoms with Gasteiger partial charge in [-0.2, -0.15) is 0 Å². The first-order valence-corrected chi connectivity index (χ1v) is 9.68. The Morgan fingerprint density at radius 1 is 1.30 bits per heavy atom. The quantitative estimate of drug-likeness (QED) is 0.343. The van der Waals surface area contributed by atoms with E-state index in [1.54, 1.807) is 19.2 Å². The van der Waals surface area contributed by atoms with Gasteiger partial charge in [0.15, 0.2) is 5.96 Å². The van der Waals surface area contributed by atoms with E-state index in [-0.39, 0.29) is 35.9 Å². The SMILES string of the molecule is CCNC(=NCC(OC)c1ccc(F)cc1)N1CCC(N(CC)CC)C1.I. The van der Waals surface area contributed by atoms with Crippen LogP contribution in [0.25, 0.3) is 0 Å². The van der Waals surface area contributed by atoms with Crippen molar-refractivity contribution in [3.8, 4) is 0 Å². The Morgan fingerprint density at radius 2 is 1.96 bits per heavy atom. The van der Waals surface area contributed by atoms with E-state index in [4.69, 9.17) is 9.73 Å². The van der Waals surface area contributed by atoms with Gasteiger partial charge < -0.3 is 15.0 Å². The molecule has 1 fully saturated rings. The van der Waals surface area contributed by atoms with Crippen LogP contribution >= 0.6 is 24.0 Å². The molecule has 7 heteroatoms. The van der Waals surface area contributed by atoms with Crippen LogP contribution in [0.1, 0.15) is 38.9 Å². The maximum atomic E-state index is 13.1. The molecule has 1 heterocycles. The van der Waals surface area contributed by atoms with Crippen LogP contribution in [0, 0.1) is 5.82 Å². The molecule has 27 heavy (non-hydrogen) atoms. The number of nitrogens with one attached hydrogen (secondary N) is 1. The number of likely N-dealkylation sites (N-methyl/N-ethyl adjacent to an activating group) is 1. The number of halogens is 2. The van der Waals surface area contributed by atoms with Gasteiger partial charge >= 0.3 is 0 Å². The third-order valence-electron chi connectivity index (χ3n) is 5.06. The molecule has 1 aliphatic heterocycles. The number of methoxy groups -OCH3 is 1. The van der Waals surface area contributed by atoms with Gasteiger partial charge in [-0.15, -0.1) is 24.0 Å². The molecular formula is C20H34FIN4O. The summed E-state index contributed by atoms with van der Waals surface area (Å²) >= 11 is 0. The standard InChI is InChI=1S/C20H33FN4O.HI/c1-5-22-20(25-13-12-18(15-25)24(6-2)7-3)23-14-19(26-4)16-8-10-17(21)11-9-16;/h8-11,18-19H,5-7,12-15H2,1-4H3,(H,22,23);1H. The average Bonchev–Trinajstić information content (AvgIpc) is 3.13. The molecule has 1 aliphatic rings. The summed E-state index contributed by atoms with van der Waals surface area (Å²) in [6, 6.07) is 7.04. The van der Waals surface area contributed by atoms with Gasteiger partial charge in [0.2, 0.25) is 0 Å². The minimum absolute atomic E-state index is 0. The fraction of sp³-hybridized carbons (Fsp3) is 0.650. The van der Waals surface area contributed by atoms with Crippen molar-refractivity contribution in [3.63, 3.8) is 0 Å². The molecule has 2 atom stereocenters. The molecule has 0 aromatic heterocycles. The van der Waals surface area contributed by atoms with Crippen LogP contribution in [-0.4, -0.2) is 68.2 Å². The van der Waals surface area contributed by atoms with Crippen molar-refractivity contribution in [2.75, 3.05) is 46.4 Å². The zero-order chi connectivity index (χ0) is 18.9. The Morgan fingerprint density at radius 3 is 2.52 bits per heavy atom. The largest absolute Gasteiger partial charge is 0.375 e. The van der Waals surface area contributed by atoms with Crippen LogP contribution < -0.4 is 5.32 Å². The molecule has 0 saturated carbocycles. The van der Waals surface area contributed by atoms with Crippen LogP contribution in [-0.2, 0) is 4.74 Å². The number of rotatable bonds is 8. The number of guanidine groups is 1. The molecule has 0 aliphatic carbocycles. The topological polar surface area (TPSA) is 40.1 Å². The van der Waals surface area contributed by atoms with E-state index in [0.717, 1.165) is 50.7 Å². The normalized spacial score (nSPS) is 18.5. The van der Waals surface area contributed by atoms with Crippen molar-refractivity contribution in [2.24, 2.45) is 4.99 Å². The highest BCUT2D eigenvalue weighted by atomic mass is 127. The van der Waals surface area contributed by atoms with Crippen LogP contribution in [0.3, 0.4) is 0 Å². The van der Waals surface area contributed by atoms with Gasteiger partial charge in [-0.25, -0.2) is 4.39 Å². The number of ether oxygens (including phenoxy) is 1. The van der Waals surface area contributed by atoms with Gasteiger partial charge in [0.05, 0.1) is 6.54 Å². The summed E-state index contributed by atoms with van der Waals surface area (Å²) in [4.78, 5) is 9.66. The van der Waals surface area contributed by atoms with E-state index in [9.17, 15) is 4.39 Å². The second-order valence-corrected chi connectivity index (χ2v) is 6.58. The molecule has 0 radical (unpaired) electrons. The molecule has 0 spiro atoms. The summed E-state index contributed by atoms with van der Waals surface area (Å²) in [5.41, 5.74) is 0.941. The van der Waals surface area contributed by atoms with Crippen LogP contribution in [0.2, 0.25) is 0 Å². The second-order valence-electron chi connectivity index (χ2n) is 6.58. The summed E-state index contributed by atoms with van der Waals surface area (Å²) in [5.74, 6) is 0.700. The van der Waals surface area contributed by atoms with E-state index in [0.29, 0.717) is 12.6 Å². The molecule has 0 amide bonds. The minimum Gasteiger partial charge on any atom is -0.375 e. The van der Waals surface area contributed by atoms with Crippen molar-refractivity contribution in [2.45, 2.75) is 39.3 Å². The van der Waals surface area contributed by atoms with Gasteiger partial charge in [0, 0.05) is 32.8 Å². The number of nitrogens with zero attached hydrogens (tertiary/aromatic N) is 3. The summed E-state index contributed by atoms with van der Waals surface area (Å²) in [7, 11) is 1.67. The number of aliphatic imine (C=N–C) groups is 1. The number of benzene rings is 1. The first-order valence-electron chi connectivity index (χ1n) is 9.68. The molecule has 2 unspecified atom stereocenters.